The van der Waals surface area contributed by atoms with Crippen LogP contribution < -0.4 is 5.73 Å². The van der Waals surface area contributed by atoms with Crippen LogP contribution in [0.1, 0.15) is 37.2 Å². The number of nitrogens with one attached hydrogen (secondary N) is 1. The van der Waals surface area contributed by atoms with Crippen LogP contribution in [0.15, 0.2) is 24.4 Å². The van der Waals surface area contributed by atoms with Crippen LogP contribution in [-0.4, -0.2) is 16.5 Å². The van der Waals surface area contributed by atoms with E-state index in [4.69, 9.17) is 5.73 Å². The van der Waals surface area contributed by atoms with Crippen LogP contribution in [-0.2, 0) is 5.41 Å². The Bertz CT molecular complexity index is 567. The molecule has 2 rings (SSSR count). The highest BCUT2D eigenvalue weighted by Gasteiger charge is 2.23. The van der Waals surface area contributed by atoms with Crippen molar-refractivity contribution in [3.8, 4) is 11.3 Å². The van der Waals surface area contributed by atoms with Gasteiger partial charge in [-0.3, -0.25) is 0 Å². The molecule has 1 aromatic carbocycles. The van der Waals surface area contributed by atoms with E-state index in [0.29, 0.717) is 6.54 Å². The van der Waals surface area contributed by atoms with E-state index < -0.39 is 0 Å². The topological polar surface area (TPSA) is 54.7 Å². The zero-order valence-electron chi connectivity index (χ0n) is 12.2. The zero-order valence-corrected chi connectivity index (χ0v) is 12.2. The molecule has 0 fully saturated rings. The van der Waals surface area contributed by atoms with Gasteiger partial charge in [0.2, 0.25) is 0 Å². The molecule has 0 saturated heterocycles. The summed E-state index contributed by atoms with van der Waals surface area (Å²) in [6.07, 6.45) is 2.85. The molecule has 0 unspecified atom stereocenters. The van der Waals surface area contributed by atoms with Crippen molar-refractivity contribution in [1.29, 1.82) is 0 Å². The SMILES string of the molecule is Cc1ccc(-c2cnc(C(C)(C)CCN)[nH]2)c(C)c1. The molecule has 0 radical (unpaired) electrons. The number of aromatic amines is 1. The third-order valence-corrected chi connectivity index (χ3v) is 3.66. The quantitative estimate of drug-likeness (QED) is 0.882. The van der Waals surface area contributed by atoms with Crippen molar-refractivity contribution in [2.75, 3.05) is 6.54 Å². The fraction of sp³-hybridized carbons (Fsp3) is 0.438. The molecule has 3 heteroatoms. The number of hydrogen-bond acceptors (Lipinski definition) is 2. The van der Waals surface area contributed by atoms with E-state index >= 15 is 0 Å². The number of hydrogen-bond donors (Lipinski definition) is 2. The molecular formula is C16H23N3. The molecule has 0 amide bonds. The molecule has 0 aliphatic heterocycles. The predicted octanol–water partition coefficient (Wildman–Crippen LogP) is 3.32. The molecule has 3 N–H and O–H groups in total. The molecule has 0 aliphatic rings. The lowest BCUT2D eigenvalue weighted by atomic mass is 9.88. The first-order valence-electron chi connectivity index (χ1n) is 6.77. The summed E-state index contributed by atoms with van der Waals surface area (Å²) in [6, 6.07) is 6.48. The number of imidazole rings is 1. The van der Waals surface area contributed by atoms with Crippen LogP contribution in [0.25, 0.3) is 11.3 Å². The van der Waals surface area contributed by atoms with Gasteiger partial charge in [-0.05, 0) is 32.4 Å². The zero-order chi connectivity index (χ0) is 14.0. The molecule has 0 spiro atoms. The van der Waals surface area contributed by atoms with Crippen molar-refractivity contribution in [3.05, 3.63) is 41.3 Å². The third kappa shape index (κ3) is 2.87. The average Bonchev–Trinajstić information content (AvgIpc) is 2.78. The lowest BCUT2D eigenvalue weighted by molar-refractivity contribution is 0.462. The Kier molecular flexibility index (Phi) is 3.76. The average molecular weight is 257 g/mol. The van der Waals surface area contributed by atoms with E-state index in [9.17, 15) is 0 Å². The van der Waals surface area contributed by atoms with E-state index in [1.807, 2.05) is 6.20 Å². The number of H-pyrrole nitrogens is 1. The smallest absolute Gasteiger partial charge is 0.112 e. The summed E-state index contributed by atoms with van der Waals surface area (Å²) < 4.78 is 0. The normalized spacial score (nSPS) is 11.8. The number of rotatable bonds is 4. The van der Waals surface area contributed by atoms with Gasteiger partial charge >= 0.3 is 0 Å². The van der Waals surface area contributed by atoms with Gasteiger partial charge < -0.3 is 10.7 Å². The van der Waals surface area contributed by atoms with Gasteiger partial charge in [-0.2, -0.15) is 0 Å². The van der Waals surface area contributed by atoms with Crippen molar-refractivity contribution < 1.29 is 0 Å². The molecule has 0 aliphatic carbocycles. The van der Waals surface area contributed by atoms with Gasteiger partial charge in [-0.1, -0.05) is 37.6 Å². The Morgan fingerprint density at radius 3 is 2.63 bits per heavy atom. The van der Waals surface area contributed by atoms with E-state index in [-0.39, 0.29) is 5.41 Å². The number of aryl methyl sites for hydroxylation is 2. The number of aromatic nitrogens is 2. The summed E-state index contributed by atoms with van der Waals surface area (Å²) >= 11 is 0. The summed E-state index contributed by atoms with van der Waals surface area (Å²) in [6.45, 7) is 9.26. The molecule has 0 atom stereocenters. The van der Waals surface area contributed by atoms with E-state index in [0.717, 1.165) is 17.9 Å². The minimum Gasteiger partial charge on any atom is -0.342 e. The standard InChI is InChI=1S/C16H23N3/c1-11-5-6-13(12(2)9-11)14-10-18-15(19-14)16(3,4)7-8-17/h5-6,9-10H,7-8,17H2,1-4H3,(H,18,19). The van der Waals surface area contributed by atoms with Gasteiger partial charge in [0.15, 0.2) is 0 Å². The Hall–Kier alpha value is -1.61. The van der Waals surface area contributed by atoms with E-state index in [2.05, 4.69) is 55.9 Å². The molecule has 1 aromatic heterocycles. The highest BCUT2D eigenvalue weighted by molar-refractivity contribution is 5.63. The fourth-order valence-corrected chi connectivity index (χ4v) is 2.40. The molecule has 102 valence electrons. The lowest BCUT2D eigenvalue weighted by Gasteiger charge is -2.20. The van der Waals surface area contributed by atoms with Crippen LogP contribution in [0.4, 0.5) is 0 Å². The first kappa shape index (κ1) is 13.8. The van der Waals surface area contributed by atoms with Crippen molar-refractivity contribution in [2.45, 2.75) is 39.5 Å². The Labute approximate surface area is 115 Å². The summed E-state index contributed by atoms with van der Waals surface area (Å²) in [7, 11) is 0. The largest absolute Gasteiger partial charge is 0.342 e. The van der Waals surface area contributed by atoms with Crippen molar-refractivity contribution >= 4 is 0 Å². The predicted molar refractivity (Wildman–Crippen MR) is 80.2 cm³/mol. The van der Waals surface area contributed by atoms with Gasteiger partial charge in [0, 0.05) is 11.0 Å². The minimum absolute atomic E-state index is 0.00833. The van der Waals surface area contributed by atoms with Crippen molar-refractivity contribution in [1.82, 2.24) is 9.97 Å². The van der Waals surface area contributed by atoms with E-state index in [1.165, 1.54) is 16.7 Å². The van der Waals surface area contributed by atoms with Gasteiger partial charge in [-0.15, -0.1) is 0 Å². The Morgan fingerprint density at radius 2 is 2.00 bits per heavy atom. The molecule has 19 heavy (non-hydrogen) atoms. The molecule has 1 heterocycles. The molecular weight excluding hydrogens is 234 g/mol. The maximum Gasteiger partial charge on any atom is 0.112 e. The van der Waals surface area contributed by atoms with E-state index in [1.54, 1.807) is 0 Å². The second-order valence-corrected chi connectivity index (χ2v) is 5.89. The summed E-state index contributed by atoms with van der Waals surface area (Å²) in [5.74, 6) is 1.01. The number of nitrogens with two attached hydrogens (primary N) is 1. The molecule has 0 bridgehead atoms. The van der Waals surface area contributed by atoms with Crippen LogP contribution in [0.5, 0.6) is 0 Å². The first-order chi connectivity index (χ1) is 8.94. The molecule has 2 aromatic rings. The highest BCUT2D eigenvalue weighted by Crippen LogP contribution is 2.28. The van der Waals surface area contributed by atoms with Gasteiger partial charge in [0.25, 0.3) is 0 Å². The van der Waals surface area contributed by atoms with Crippen LogP contribution >= 0.6 is 0 Å². The van der Waals surface area contributed by atoms with Gasteiger partial charge in [0.1, 0.15) is 5.82 Å². The number of benzene rings is 1. The second kappa shape index (κ2) is 5.17. The van der Waals surface area contributed by atoms with Crippen LogP contribution in [0.3, 0.4) is 0 Å². The second-order valence-electron chi connectivity index (χ2n) is 5.89. The molecule has 3 nitrogen and oxygen atoms in total. The first-order valence-corrected chi connectivity index (χ1v) is 6.77. The number of nitrogens with zero attached hydrogens (tertiary/aromatic N) is 1. The maximum atomic E-state index is 5.67. The van der Waals surface area contributed by atoms with Crippen LogP contribution in [0.2, 0.25) is 0 Å². The fourth-order valence-electron chi connectivity index (χ4n) is 2.40. The Morgan fingerprint density at radius 1 is 1.26 bits per heavy atom. The molecule has 0 saturated carbocycles. The lowest BCUT2D eigenvalue weighted by Crippen LogP contribution is -2.23. The summed E-state index contributed by atoms with van der Waals surface area (Å²) in [5.41, 5.74) is 10.5. The third-order valence-electron chi connectivity index (χ3n) is 3.66. The minimum atomic E-state index is -0.00833. The monoisotopic (exact) mass is 257 g/mol. The van der Waals surface area contributed by atoms with Gasteiger partial charge in [0.05, 0.1) is 11.9 Å². The van der Waals surface area contributed by atoms with Crippen LogP contribution in [0, 0.1) is 13.8 Å². The van der Waals surface area contributed by atoms with Crippen molar-refractivity contribution in [3.63, 3.8) is 0 Å². The highest BCUT2D eigenvalue weighted by atomic mass is 14.9. The Balaban J connectivity index is 2.35. The summed E-state index contributed by atoms with van der Waals surface area (Å²) in [5, 5.41) is 0. The summed E-state index contributed by atoms with van der Waals surface area (Å²) in [4.78, 5) is 7.98. The van der Waals surface area contributed by atoms with Gasteiger partial charge in [-0.25, -0.2) is 4.98 Å². The van der Waals surface area contributed by atoms with Crippen molar-refractivity contribution in [2.24, 2.45) is 5.73 Å². The maximum absolute atomic E-state index is 5.67.